The molecule has 1 aliphatic heterocycles. The molecule has 4 amide bonds. The van der Waals surface area contributed by atoms with Gasteiger partial charge < -0.3 is 30.6 Å². The molecule has 0 atom stereocenters. The van der Waals surface area contributed by atoms with Gasteiger partial charge in [0, 0.05) is 61.7 Å². The number of likely N-dealkylation sites (tertiary alicyclic amines) is 1. The van der Waals surface area contributed by atoms with Crippen LogP contribution in [-0.4, -0.2) is 72.4 Å². The summed E-state index contributed by atoms with van der Waals surface area (Å²) in [6.07, 6.45) is 14.0. The topological polar surface area (TPSA) is 134 Å². The van der Waals surface area contributed by atoms with E-state index in [2.05, 4.69) is 39.9 Å². The number of primary amides is 1. The van der Waals surface area contributed by atoms with Crippen LogP contribution in [0.1, 0.15) is 23.2 Å². The average Bonchev–Trinajstić information content (AvgIpc) is 3.69. The van der Waals surface area contributed by atoms with Gasteiger partial charge >= 0.3 is 6.03 Å². The summed E-state index contributed by atoms with van der Waals surface area (Å²) in [5.41, 5.74) is 9.51. The summed E-state index contributed by atoms with van der Waals surface area (Å²) in [5.74, 6) is 0.597. The number of methoxy groups -OCH3 is 1. The Morgan fingerprint density at radius 3 is 2.41 bits per heavy atom. The minimum atomic E-state index is -0.182. The van der Waals surface area contributed by atoms with Crippen LogP contribution in [0.3, 0.4) is 0 Å². The van der Waals surface area contributed by atoms with Crippen molar-refractivity contribution < 1.29 is 19.1 Å². The van der Waals surface area contributed by atoms with Crippen LogP contribution in [0.25, 0.3) is 33.3 Å². The number of carbonyl (C=O) groups is 3. The molecule has 1 saturated heterocycles. The predicted octanol–water partition coefficient (Wildman–Crippen LogP) is 4.59. The number of H-pyrrole nitrogens is 1. The van der Waals surface area contributed by atoms with Gasteiger partial charge in [-0.2, -0.15) is 0 Å². The molecule has 0 unspecified atom stereocenters. The zero-order valence-electron chi connectivity index (χ0n) is 23.4. The summed E-state index contributed by atoms with van der Waals surface area (Å²) in [5, 5.41) is 3.89. The van der Waals surface area contributed by atoms with E-state index in [1.165, 1.54) is 4.90 Å². The van der Waals surface area contributed by atoms with Gasteiger partial charge in [0.05, 0.1) is 18.4 Å². The fourth-order valence-corrected chi connectivity index (χ4v) is 4.62. The lowest BCUT2D eigenvalue weighted by Crippen LogP contribution is -2.33. The van der Waals surface area contributed by atoms with Crippen LogP contribution in [0.15, 0.2) is 60.9 Å². The van der Waals surface area contributed by atoms with E-state index in [1.807, 2.05) is 42.6 Å². The number of para-hydroxylation sites is 1. The molecular formula is C31H34N6O4. The smallest absolute Gasteiger partial charge is 0.321 e. The molecule has 0 aliphatic carbocycles. The first-order valence-corrected chi connectivity index (χ1v) is 12.9. The average molecular weight is 555 g/mol. The van der Waals surface area contributed by atoms with E-state index in [0.717, 1.165) is 65.0 Å². The predicted molar refractivity (Wildman–Crippen MR) is 162 cm³/mol. The van der Waals surface area contributed by atoms with Crippen molar-refractivity contribution in [3.05, 3.63) is 66.5 Å². The Morgan fingerprint density at radius 1 is 1.07 bits per heavy atom. The van der Waals surface area contributed by atoms with Crippen molar-refractivity contribution in [3.63, 3.8) is 0 Å². The van der Waals surface area contributed by atoms with Crippen LogP contribution < -0.4 is 15.8 Å². The number of terminal acetylenes is 1. The standard InChI is InChI=1S/C28H29N5O3.C2H2.CH3NO/c1-32(2)27(34)22-14-18(10-11-24(22)31-28(35)33-12-6-7-13-33)19-15-21-23(17-30-26(21)29-16-19)20-8-4-5-9-25(20)36-3;1-2;2-1-3/h4-5,8-11,14-17H,6-7,12-13H2,1-3H3,(H,29,30)(H,31,35);1-2H;1H,(H2,2,3). The van der Waals surface area contributed by atoms with E-state index >= 15 is 0 Å². The number of aromatic amines is 1. The number of nitrogens with zero attached hydrogens (tertiary/aromatic N) is 3. The quantitative estimate of drug-likeness (QED) is 0.245. The van der Waals surface area contributed by atoms with Crippen molar-refractivity contribution in [2.75, 3.05) is 39.6 Å². The number of amides is 4. The van der Waals surface area contributed by atoms with Crippen LogP contribution in [0, 0.1) is 12.8 Å². The van der Waals surface area contributed by atoms with Crippen molar-refractivity contribution >= 4 is 35.1 Å². The molecule has 0 radical (unpaired) electrons. The van der Waals surface area contributed by atoms with E-state index in [9.17, 15) is 9.59 Å². The monoisotopic (exact) mass is 554 g/mol. The Balaban J connectivity index is 0.000000868. The molecule has 1 fully saturated rings. The summed E-state index contributed by atoms with van der Waals surface area (Å²) in [6.45, 7) is 1.47. The molecule has 2 aromatic heterocycles. The van der Waals surface area contributed by atoms with Gasteiger partial charge in [0.15, 0.2) is 0 Å². The van der Waals surface area contributed by atoms with Gasteiger partial charge in [-0.3, -0.25) is 9.59 Å². The Labute approximate surface area is 239 Å². The number of nitrogens with two attached hydrogens (primary N) is 1. The van der Waals surface area contributed by atoms with Crippen LogP contribution in [-0.2, 0) is 4.79 Å². The highest BCUT2D eigenvalue weighted by Gasteiger charge is 2.22. The number of hydrogen-bond donors (Lipinski definition) is 3. The minimum Gasteiger partial charge on any atom is -0.496 e. The second-order valence-corrected chi connectivity index (χ2v) is 9.24. The molecule has 4 aromatic rings. The third kappa shape index (κ3) is 6.83. The third-order valence-electron chi connectivity index (χ3n) is 6.55. The number of rotatable bonds is 5. The van der Waals surface area contributed by atoms with Gasteiger partial charge in [-0.1, -0.05) is 24.3 Å². The van der Waals surface area contributed by atoms with Crippen molar-refractivity contribution in [2.24, 2.45) is 5.73 Å². The number of aromatic nitrogens is 2. The molecule has 3 heterocycles. The first kappa shape index (κ1) is 30.2. The van der Waals surface area contributed by atoms with Crippen molar-refractivity contribution in [1.29, 1.82) is 0 Å². The van der Waals surface area contributed by atoms with E-state index in [1.54, 1.807) is 38.4 Å². The molecule has 0 saturated carbocycles. The van der Waals surface area contributed by atoms with Gasteiger partial charge in [0.2, 0.25) is 6.41 Å². The van der Waals surface area contributed by atoms with Crippen molar-refractivity contribution in [3.8, 4) is 40.9 Å². The Bertz CT molecular complexity index is 1540. The normalized spacial score (nSPS) is 11.9. The first-order valence-electron chi connectivity index (χ1n) is 12.9. The fraction of sp³-hybridized carbons (Fsp3) is 0.226. The number of urea groups is 1. The number of nitrogens with one attached hydrogen (secondary N) is 2. The van der Waals surface area contributed by atoms with Gasteiger partial charge in [-0.05, 0) is 42.7 Å². The number of carbonyl (C=O) groups excluding carboxylic acids is 3. The number of ether oxygens (including phenoxy) is 1. The molecule has 0 spiro atoms. The maximum atomic E-state index is 13.1. The Kier molecular flexibility index (Phi) is 10.5. The highest BCUT2D eigenvalue weighted by atomic mass is 16.5. The zero-order chi connectivity index (χ0) is 29.9. The van der Waals surface area contributed by atoms with Crippen molar-refractivity contribution in [1.82, 2.24) is 19.8 Å². The molecule has 10 heteroatoms. The molecule has 2 aromatic carbocycles. The van der Waals surface area contributed by atoms with Gasteiger partial charge in [-0.15, -0.1) is 12.8 Å². The second-order valence-electron chi connectivity index (χ2n) is 9.24. The van der Waals surface area contributed by atoms with Gasteiger partial charge in [0.1, 0.15) is 11.4 Å². The van der Waals surface area contributed by atoms with E-state index in [0.29, 0.717) is 11.3 Å². The lowest BCUT2D eigenvalue weighted by molar-refractivity contribution is -0.106. The van der Waals surface area contributed by atoms with Crippen LogP contribution >= 0.6 is 0 Å². The number of fused-ring (bicyclic) bond motifs is 1. The molecule has 10 nitrogen and oxygen atoms in total. The Morgan fingerprint density at radius 2 is 1.76 bits per heavy atom. The lowest BCUT2D eigenvalue weighted by atomic mass is 9.99. The van der Waals surface area contributed by atoms with Crippen LogP contribution in [0.2, 0.25) is 0 Å². The maximum absolute atomic E-state index is 13.1. The number of hydrogen-bond acceptors (Lipinski definition) is 5. The third-order valence-corrected chi connectivity index (χ3v) is 6.55. The number of pyridine rings is 1. The van der Waals surface area contributed by atoms with Gasteiger partial charge in [-0.25, -0.2) is 9.78 Å². The first-order chi connectivity index (χ1) is 19.9. The summed E-state index contributed by atoms with van der Waals surface area (Å²) in [4.78, 5) is 45.5. The highest BCUT2D eigenvalue weighted by molar-refractivity contribution is 6.05. The van der Waals surface area contributed by atoms with E-state index < -0.39 is 0 Å². The van der Waals surface area contributed by atoms with Crippen LogP contribution in [0.5, 0.6) is 5.75 Å². The zero-order valence-corrected chi connectivity index (χ0v) is 23.4. The fourth-order valence-electron chi connectivity index (χ4n) is 4.62. The summed E-state index contributed by atoms with van der Waals surface area (Å²) in [6, 6.07) is 15.3. The largest absolute Gasteiger partial charge is 0.496 e. The number of anilines is 1. The molecule has 41 heavy (non-hydrogen) atoms. The SMILES string of the molecule is C#C.COc1ccccc1-c1c[nH]c2ncc(-c3ccc(NC(=O)N4CCCC4)c(C(=O)N(C)C)c3)cc12.NC=O. The van der Waals surface area contributed by atoms with Gasteiger partial charge in [0.25, 0.3) is 5.91 Å². The molecular weight excluding hydrogens is 520 g/mol. The molecule has 0 bridgehead atoms. The Hall–Kier alpha value is -5.30. The van der Waals surface area contributed by atoms with E-state index in [4.69, 9.17) is 9.53 Å². The highest BCUT2D eigenvalue weighted by Crippen LogP contribution is 2.36. The summed E-state index contributed by atoms with van der Waals surface area (Å²) in [7, 11) is 5.06. The van der Waals surface area contributed by atoms with E-state index in [-0.39, 0.29) is 18.3 Å². The minimum absolute atomic E-state index is 0.176. The second kappa shape index (κ2) is 14.2. The number of benzene rings is 2. The molecule has 212 valence electrons. The maximum Gasteiger partial charge on any atom is 0.321 e. The van der Waals surface area contributed by atoms with Crippen molar-refractivity contribution in [2.45, 2.75) is 12.8 Å². The lowest BCUT2D eigenvalue weighted by Gasteiger charge is -2.20. The summed E-state index contributed by atoms with van der Waals surface area (Å²) < 4.78 is 5.56. The van der Waals surface area contributed by atoms with Crippen LogP contribution in [0.4, 0.5) is 10.5 Å². The molecule has 5 rings (SSSR count). The molecule has 1 aliphatic rings. The molecule has 4 N–H and O–H groups in total. The summed E-state index contributed by atoms with van der Waals surface area (Å²) >= 11 is 0.